The average molecular weight is 503 g/mol. The molecule has 0 fully saturated rings. The summed E-state index contributed by atoms with van der Waals surface area (Å²) in [5.74, 6) is 1.51. The number of nitrogens with zero attached hydrogens (tertiary/aromatic N) is 5. The van der Waals surface area contributed by atoms with E-state index in [1.54, 1.807) is 13.1 Å². The molecule has 0 spiro atoms. The van der Waals surface area contributed by atoms with E-state index in [1.165, 1.54) is 18.1 Å². The van der Waals surface area contributed by atoms with E-state index < -0.39 is 10.0 Å². The number of fused-ring (bicyclic) bond motifs is 2. The van der Waals surface area contributed by atoms with E-state index in [1.807, 2.05) is 22.8 Å². The molecule has 0 saturated heterocycles. The van der Waals surface area contributed by atoms with E-state index in [0.717, 1.165) is 16.2 Å². The molecule has 34 heavy (non-hydrogen) atoms. The topological polar surface area (TPSA) is 163 Å². The standard InChI is InChI=1S/C20H22N8O4S2/c1-2-25-34(29,30)7-3-6-28-19-17(18(21)22-10-23-19)26-20(28)33-16-9-15-14(31-11-32-15)8-12(16)13-4-5-24-27-13/h4-5,8-10,25H,2-3,6-7,11H2,1H3,(H,24,27)(H2,21,22,23). The normalized spacial score (nSPS) is 13.1. The fraction of sp³-hybridized carbons (Fsp3) is 0.300. The van der Waals surface area contributed by atoms with Gasteiger partial charge >= 0.3 is 0 Å². The first-order valence-electron chi connectivity index (χ1n) is 10.5. The van der Waals surface area contributed by atoms with Gasteiger partial charge in [-0.25, -0.2) is 28.1 Å². The molecule has 1 aliphatic heterocycles. The van der Waals surface area contributed by atoms with E-state index in [-0.39, 0.29) is 18.4 Å². The Morgan fingerprint density at radius 3 is 2.85 bits per heavy atom. The molecular formula is C20H22N8O4S2. The molecule has 4 aromatic rings. The number of hydrogen-bond acceptors (Lipinski definition) is 10. The number of nitrogens with two attached hydrogens (primary N) is 1. The van der Waals surface area contributed by atoms with E-state index in [2.05, 4.69) is 29.9 Å². The number of ether oxygens (including phenoxy) is 2. The van der Waals surface area contributed by atoms with Crippen LogP contribution in [0.5, 0.6) is 11.5 Å². The molecular weight excluding hydrogens is 480 g/mol. The number of hydrogen-bond donors (Lipinski definition) is 3. The highest BCUT2D eigenvalue weighted by molar-refractivity contribution is 7.99. The Kier molecular flexibility index (Phi) is 6.02. The van der Waals surface area contributed by atoms with Crippen LogP contribution in [0.2, 0.25) is 0 Å². The summed E-state index contributed by atoms with van der Waals surface area (Å²) in [7, 11) is -3.35. The van der Waals surface area contributed by atoms with Crippen molar-refractivity contribution in [2.24, 2.45) is 0 Å². The van der Waals surface area contributed by atoms with Gasteiger partial charge in [-0.2, -0.15) is 5.10 Å². The lowest BCUT2D eigenvalue weighted by molar-refractivity contribution is 0.174. The summed E-state index contributed by atoms with van der Waals surface area (Å²) in [6.45, 7) is 2.63. The third-order valence-electron chi connectivity index (χ3n) is 5.15. The average Bonchev–Trinajstić information content (AvgIpc) is 3.54. The van der Waals surface area contributed by atoms with Crippen molar-refractivity contribution in [1.82, 2.24) is 34.4 Å². The van der Waals surface area contributed by atoms with Gasteiger partial charge in [0, 0.05) is 29.7 Å². The molecule has 12 nitrogen and oxygen atoms in total. The van der Waals surface area contributed by atoms with E-state index in [9.17, 15) is 8.42 Å². The van der Waals surface area contributed by atoms with Crippen LogP contribution in [0, 0.1) is 0 Å². The van der Waals surface area contributed by atoms with Gasteiger partial charge in [-0.3, -0.25) is 5.10 Å². The summed E-state index contributed by atoms with van der Waals surface area (Å²) in [6, 6.07) is 5.64. The number of H-pyrrole nitrogens is 1. The molecule has 0 saturated carbocycles. The first-order chi connectivity index (χ1) is 16.4. The SMILES string of the molecule is CCNS(=O)(=O)CCCn1c(Sc2cc3c(cc2-c2ccn[nH]2)OCO3)nc2c(N)ncnc21. The zero-order valence-corrected chi connectivity index (χ0v) is 19.8. The predicted molar refractivity (Wildman–Crippen MR) is 126 cm³/mol. The van der Waals surface area contributed by atoms with Crippen LogP contribution in [-0.2, 0) is 16.6 Å². The van der Waals surface area contributed by atoms with Crippen LogP contribution in [0.15, 0.2) is 40.8 Å². The molecule has 1 aliphatic rings. The van der Waals surface area contributed by atoms with E-state index >= 15 is 0 Å². The first-order valence-corrected chi connectivity index (χ1v) is 13.0. The van der Waals surface area contributed by atoms with Crippen LogP contribution >= 0.6 is 11.8 Å². The largest absolute Gasteiger partial charge is 0.454 e. The number of sulfonamides is 1. The minimum atomic E-state index is -3.35. The van der Waals surface area contributed by atoms with Crippen molar-refractivity contribution in [3.05, 3.63) is 30.7 Å². The third kappa shape index (κ3) is 4.38. The van der Waals surface area contributed by atoms with Gasteiger partial charge in [0.1, 0.15) is 6.33 Å². The molecule has 0 atom stereocenters. The highest BCUT2D eigenvalue weighted by atomic mass is 32.2. The van der Waals surface area contributed by atoms with Crippen molar-refractivity contribution in [1.29, 1.82) is 0 Å². The molecule has 3 aromatic heterocycles. The number of rotatable bonds is 9. The van der Waals surface area contributed by atoms with Crippen LogP contribution < -0.4 is 19.9 Å². The maximum absolute atomic E-state index is 12.1. The van der Waals surface area contributed by atoms with Gasteiger partial charge < -0.3 is 19.8 Å². The quantitative estimate of drug-likeness (QED) is 0.308. The maximum Gasteiger partial charge on any atom is 0.231 e. The number of benzene rings is 1. The molecule has 1 aromatic carbocycles. The second kappa shape index (κ2) is 9.12. The Morgan fingerprint density at radius 1 is 1.26 bits per heavy atom. The molecule has 0 unspecified atom stereocenters. The van der Waals surface area contributed by atoms with Crippen molar-refractivity contribution < 1.29 is 17.9 Å². The van der Waals surface area contributed by atoms with Gasteiger partial charge in [0.25, 0.3) is 0 Å². The fourth-order valence-electron chi connectivity index (χ4n) is 3.64. The molecule has 0 aliphatic carbocycles. The molecule has 0 amide bonds. The molecule has 4 heterocycles. The van der Waals surface area contributed by atoms with Gasteiger partial charge in [0.05, 0.1) is 11.4 Å². The molecule has 0 radical (unpaired) electrons. The van der Waals surface area contributed by atoms with E-state index in [0.29, 0.717) is 47.3 Å². The molecule has 0 bridgehead atoms. The van der Waals surface area contributed by atoms with Gasteiger partial charge in [-0.05, 0) is 24.6 Å². The summed E-state index contributed by atoms with van der Waals surface area (Å²) in [4.78, 5) is 13.9. The molecule has 4 N–H and O–H groups in total. The molecule has 5 rings (SSSR count). The maximum atomic E-state index is 12.1. The first kappa shape index (κ1) is 22.4. The molecule has 14 heteroatoms. The monoisotopic (exact) mass is 502 g/mol. The number of imidazole rings is 1. The summed E-state index contributed by atoms with van der Waals surface area (Å²) in [6.07, 6.45) is 3.41. The van der Waals surface area contributed by atoms with Crippen molar-refractivity contribution >= 4 is 38.8 Å². The van der Waals surface area contributed by atoms with Gasteiger partial charge in [-0.1, -0.05) is 18.7 Å². The Morgan fingerprint density at radius 2 is 2.09 bits per heavy atom. The lowest BCUT2D eigenvalue weighted by atomic mass is 10.1. The second-order valence-electron chi connectivity index (χ2n) is 7.42. The number of aryl methyl sites for hydroxylation is 1. The molecule has 178 valence electrons. The summed E-state index contributed by atoms with van der Waals surface area (Å²) < 4.78 is 39.7. The fourth-order valence-corrected chi connectivity index (χ4v) is 5.80. The van der Waals surface area contributed by atoms with Crippen molar-refractivity contribution in [2.45, 2.75) is 29.9 Å². The van der Waals surface area contributed by atoms with Gasteiger partial charge in [-0.15, -0.1) is 0 Å². The van der Waals surface area contributed by atoms with Crippen LogP contribution in [0.3, 0.4) is 0 Å². The highest BCUT2D eigenvalue weighted by Gasteiger charge is 2.23. The van der Waals surface area contributed by atoms with E-state index in [4.69, 9.17) is 15.2 Å². The lowest BCUT2D eigenvalue weighted by Crippen LogP contribution is -2.26. The van der Waals surface area contributed by atoms with Crippen LogP contribution in [0.25, 0.3) is 22.4 Å². The van der Waals surface area contributed by atoms with Crippen molar-refractivity contribution in [3.8, 4) is 22.8 Å². The highest BCUT2D eigenvalue weighted by Crippen LogP contribution is 2.44. The van der Waals surface area contributed by atoms with Crippen molar-refractivity contribution in [3.63, 3.8) is 0 Å². The van der Waals surface area contributed by atoms with Crippen LogP contribution in [-0.4, -0.2) is 57.2 Å². The third-order valence-corrected chi connectivity index (χ3v) is 7.76. The van der Waals surface area contributed by atoms with Gasteiger partial charge in [0.2, 0.25) is 16.8 Å². The number of nitrogen functional groups attached to an aromatic ring is 1. The zero-order valence-electron chi connectivity index (χ0n) is 18.2. The van der Waals surface area contributed by atoms with Crippen LogP contribution in [0.1, 0.15) is 13.3 Å². The second-order valence-corrected chi connectivity index (χ2v) is 10.4. The van der Waals surface area contributed by atoms with Gasteiger partial charge in [0.15, 0.2) is 33.6 Å². The number of anilines is 1. The Labute approximate surface area is 199 Å². The predicted octanol–water partition coefficient (Wildman–Crippen LogP) is 2.01. The Hall–Kier alpha value is -3.36. The van der Waals surface area contributed by atoms with Crippen molar-refractivity contribution in [2.75, 3.05) is 24.8 Å². The Balaban J connectivity index is 1.53. The summed E-state index contributed by atoms with van der Waals surface area (Å²) in [5.41, 5.74) is 8.73. The minimum Gasteiger partial charge on any atom is -0.454 e. The van der Waals surface area contributed by atoms with Crippen LogP contribution in [0.4, 0.5) is 5.82 Å². The smallest absolute Gasteiger partial charge is 0.231 e. The summed E-state index contributed by atoms with van der Waals surface area (Å²) >= 11 is 1.39. The summed E-state index contributed by atoms with van der Waals surface area (Å²) in [5, 5.41) is 7.64. The number of aromatic amines is 1. The number of aromatic nitrogens is 6. The Bertz CT molecular complexity index is 1440. The number of nitrogens with one attached hydrogen (secondary N) is 2. The minimum absolute atomic E-state index is 0.0192. The lowest BCUT2D eigenvalue weighted by Gasteiger charge is -2.12. The zero-order chi connectivity index (χ0) is 23.7.